The highest BCUT2D eigenvalue weighted by atomic mass is 35.5. The Hall–Kier alpha value is -2.37. The third kappa shape index (κ3) is 4.21. The van der Waals surface area contributed by atoms with E-state index in [2.05, 4.69) is 29.2 Å². The maximum atomic E-state index is 12.9. The molecule has 2 aliphatic rings. The van der Waals surface area contributed by atoms with Gasteiger partial charge in [0, 0.05) is 56.4 Å². The molecule has 0 N–H and O–H groups in total. The van der Waals surface area contributed by atoms with Gasteiger partial charge in [0.05, 0.1) is 5.92 Å². The molecule has 2 aromatic carbocycles. The molecule has 2 aromatic rings. The number of anilines is 1. The molecule has 4 rings (SSSR count). The van der Waals surface area contributed by atoms with E-state index in [1.807, 2.05) is 23.1 Å². The fourth-order valence-electron chi connectivity index (χ4n) is 3.97. The van der Waals surface area contributed by atoms with E-state index in [0.29, 0.717) is 11.6 Å². The molecule has 0 saturated carbocycles. The number of halogens is 1. The Balaban J connectivity index is 1.32. The molecule has 2 fully saturated rings. The summed E-state index contributed by atoms with van der Waals surface area (Å²) < 4.78 is 0. The first kappa shape index (κ1) is 19.0. The van der Waals surface area contributed by atoms with Crippen molar-refractivity contribution < 1.29 is 9.59 Å². The van der Waals surface area contributed by atoms with Gasteiger partial charge in [-0.1, -0.05) is 41.9 Å². The zero-order chi connectivity index (χ0) is 19.5. The van der Waals surface area contributed by atoms with Crippen LogP contribution < -0.4 is 4.90 Å². The van der Waals surface area contributed by atoms with Gasteiger partial charge in [-0.05, 0) is 29.8 Å². The summed E-state index contributed by atoms with van der Waals surface area (Å²) in [6.07, 6.45) is 0.283. The van der Waals surface area contributed by atoms with Crippen LogP contribution in [0.2, 0.25) is 5.02 Å². The van der Waals surface area contributed by atoms with Crippen LogP contribution in [0.25, 0.3) is 0 Å². The van der Waals surface area contributed by atoms with Gasteiger partial charge in [-0.25, -0.2) is 0 Å². The van der Waals surface area contributed by atoms with Crippen LogP contribution >= 0.6 is 11.6 Å². The van der Waals surface area contributed by atoms with E-state index < -0.39 is 0 Å². The lowest BCUT2D eigenvalue weighted by atomic mass is 10.1. The number of amides is 2. The Bertz CT molecular complexity index is 833. The number of nitrogens with zero attached hydrogens (tertiary/aromatic N) is 3. The number of rotatable bonds is 4. The molecule has 0 spiro atoms. The standard InChI is InChI=1S/C22H24ClN3O2/c23-19-6-8-20(9-7-19)26-16-18(14-21(26)27)22(28)25-12-10-24(11-13-25)15-17-4-2-1-3-5-17/h1-9,18H,10-16H2/t18-/m1/s1. The Kier molecular flexibility index (Phi) is 5.64. The summed E-state index contributed by atoms with van der Waals surface area (Å²) in [5.74, 6) is -0.156. The number of hydrogen-bond acceptors (Lipinski definition) is 3. The summed E-state index contributed by atoms with van der Waals surface area (Å²) in [6.45, 7) is 4.53. The molecular formula is C22H24ClN3O2. The first-order valence-corrected chi connectivity index (χ1v) is 10.1. The van der Waals surface area contributed by atoms with E-state index in [4.69, 9.17) is 11.6 Å². The molecule has 146 valence electrons. The Morgan fingerprint density at radius 1 is 0.964 bits per heavy atom. The van der Waals surface area contributed by atoms with Crippen LogP contribution in [-0.4, -0.2) is 54.3 Å². The van der Waals surface area contributed by atoms with Crippen molar-refractivity contribution in [1.29, 1.82) is 0 Å². The third-order valence-corrected chi connectivity index (χ3v) is 5.80. The van der Waals surface area contributed by atoms with Crippen LogP contribution in [0.4, 0.5) is 5.69 Å². The van der Waals surface area contributed by atoms with Gasteiger partial charge in [0.25, 0.3) is 0 Å². The quantitative estimate of drug-likeness (QED) is 0.796. The number of carbonyl (C=O) groups excluding carboxylic acids is 2. The molecule has 0 aliphatic carbocycles. The van der Waals surface area contributed by atoms with E-state index in [1.165, 1.54) is 5.56 Å². The minimum Gasteiger partial charge on any atom is -0.340 e. The van der Waals surface area contributed by atoms with Gasteiger partial charge in [-0.15, -0.1) is 0 Å². The van der Waals surface area contributed by atoms with Crippen molar-refractivity contribution in [2.45, 2.75) is 13.0 Å². The second kappa shape index (κ2) is 8.33. The van der Waals surface area contributed by atoms with Crippen LogP contribution in [0.3, 0.4) is 0 Å². The lowest BCUT2D eigenvalue weighted by molar-refractivity contribution is -0.137. The first-order chi connectivity index (χ1) is 13.6. The van der Waals surface area contributed by atoms with Crippen molar-refractivity contribution in [1.82, 2.24) is 9.80 Å². The van der Waals surface area contributed by atoms with Crippen LogP contribution in [-0.2, 0) is 16.1 Å². The minimum atomic E-state index is -0.260. The molecule has 2 saturated heterocycles. The number of benzene rings is 2. The first-order valence-electron chi connectivity index (χ1n) is 9.71. The SMILES string of the molecule is O=C([C@@H]1CC(=O)N(c2ccc(Cl)cc2)C1)N1CCN(Cc2ccccc2)CC1. The minimum absolute atomic E-state index is 0.00314. The van der Waals surface area contributed by atoms with E-state index in [9.17, 15) is 9.59 Å². The predicted molar refractivity (Wildman–Crippen MR) is 110 cm³/mol. The number of carbonyl (C=O) groups is 2. The van der Waals surface area contributed by atoms with Gasteiger partial charge in [0.1, 0.15) is 0 Å². The maximum absolute atomic E-state index is 12.9. The van der Waals surface area contributed by atoms with Gasteiger partial charge >= 0.3 is 0 Å². The Morgan fingerprint density at radius 3 is 2.32 bits per heavy atom. The highest BCUT2D eigenvalue weighted by Gasteiger charge is 2.37. The Morgan fingerprint density at radius 2 is 1.64 bits per heavy atom. The van der Waals surface area contributed by atoms with Gasteiger partial charge in [0.15, 0.2) is 0 Å². The lowest BCUT2D eigenvalue weighted by Gasteiger charge is -2.36. The average molecular weight is 398 g/mol. The highest BCUT2D eigenvalue weighted by molar-refractivity contribution is 6.30. The highest BCUT2D eigenvalue weighted by Crippen LogP contribution is 2.27. The summed E-state index contributed by atoms with van der Waals surface area (Å²) in [6, 6.07) is 17.6. The molecular weight excluding hydrogens is 374 g/mol. The van der Waals surface area contributed by atoms with E-state index in [1.54, 1.807) is 17.0 Å². The van der Waals surface area contributed by atoms with Crippen molar-refractivity contribution >= 4 is 29.1 Å². The molecule has 2 heterocycles. The van der Waals surface area contributed by atoms with Crippen molar-refractivity contribution in [2.75, 3.05) is 37.6 Å². The molecule has 0 radical (unpaired) electrons. The number of piperazine rings is 1. The van der Waals surface area contributed by atoms with Crippen molar-refractivity contribution in [3.8, 4) is 0 Å². The molecule has 2 aliphatic heterocycles. The van der Waals surface area contributed by atoms with Crippen LogP contribution in [0.1, 0.15) is 12.0 Å². The van der Waals surface area contributed by atoms with E-state index in [-0.39, 0.29) is 24.2 Å². The molecule has 5 nitrogen and oxygen atoms in total. The monoisotopic (exact) mass is 397 g/mol. The van der Waals surface area contributed by atoms with Crippen LogP contribution in [0, 0.1) is 5.92 Å². The summed E-state index contributed by atoms with van der Waals surface area (Å²) in [5, 5.41) is 0.636. The molecule has 2 amide bonds. The van der Waals surface area contributed by atoms with Gasteiger partial charge in [-0.2, -0.15) is 0 Å². The van der Waals surface area contributed by atoms with Gasteiger partial charge < -0.3 is 9.80 Å². The summed E-state index contributed by atoms with van der Waals surface area (Å²) >= 11 is 5.93. The zero-order valence-electron chi connectivity index (χ0n) is 15.8. The number of hydrogen-bond donors (Lipinski definition) is 0. The van der Waals surface area contributed by atoms with Crippen molar-refractivity contribution in [3.05, 3.63) is 65.2 Å². The fourth-order valence-corrected chi connectivity index (χ4v) is 4.10. The zero-order valence-corrected chi connectivity index (χ0v) is 16.5. The van der Waals surface area contributed by atoms with Crippen LogP contribution in [0.5, 0.6) is 0 Å². The smallest absolute Gasteiger partial charge is 0.228 e. The summed E-state index contributed by atoms with van der Waals surface area (Å²) in [7, 11) is 0. The maximum Gasteiger partial charge on any atom is 0.228 e. The normalized spacial score (nSPS) is 20.6. The van der Waals surface area contributed by atoms with Crippen LogP contribution in [0.15, 0.2) is 54.6 Å². The van der Waals surface area contributed by atoms with Gasteiger partial charge in [0.2, 0.25) is 11.8 Å². The molecule has 1 atom stereocenters. The molecule has 0 unspecified atom stereocenters. The topological polar surface area (TPSA) is 43.9 Å². The van der Waals surface area contributed by atoms with E-state index in [0.717, 1.165) is 38.4 Å². The molecule has 0 aromatic heterocycles. The Labute approximate surface area is 170 Å². The molecule has 0 bridgehead atoms. The van der Waals surface area contributed by atoms with Crippen molar-refractivity contribution in [3.63, 3.8) is 0 Å². The van der Waals surface area contributed by atoms with Crippen molar-refractivity contribution in [2.24, 2.45) is 5.92 Å². The molecule has 28 heavy (non-hydrogen) atoms. The summed E-state index contributed by atoms with van der Waals surface area (Å²) in [5.41, 5.74) is 2.10. The molecule has 6 heteroatoms. The van der Waals surface area contributed by atoms with Gasteiger partial charge in [-0.3, -0.25) is 14.5 Å². The predicted octanol–water partition coefficient (Wildman–Crippen LogP) is 3.04. The third-order valence-electron chi connectivity index (χ3n) is 5.55. The fraction of sp³-hybridized carbons (Fsp3) is 0.364. The second-order valence-electron chi connectivity index (χ2n) is 7.47. The average Bonchev–Trinajstić information content (AvgIpc) is 3.11. The summed E-state index contributed by atoms with van der Waals surface area (Å²) in [4.78, 5) is 31.4. The lowest BCUT2D eigenvalue weighted by Crippen LogP contribution is -2.50. The second-order valence-corrected chi connectivity index (χ2v) is 7.91. The largest absolute Gasteiger partial charge is 0.340 e. The van der Waals surface area contributed by atoms with E-state index >= 15 is 0 Å².